The first-order chi connectivity index (χ1) is 12.8. The lowest BCUT2D eigenvalue weighted by Crippen LogP contribution is -2.10. The minimum absolute atomic E-state index is 0.150. The Morgan fingerprint density at radius 3 is 2.07 bits per heavy atom. The van der Waals surface area contributed by atoms with E-state index in [1.165, 1.54) is 16.7 Å². The van der Waals surface area contributed by atoms with Gasteiger partial charge < -0.3 is 4.42 Å². The SMILES string of the molecule is Cc1cc(C)cc(-c2cc3cc(-c4ccc(C(C)(C)C)cc4)oc3cn2)c1. The fourth-order valence-corrected chi connectivity index (χ4v) is 3.50. The molecule has 0 aliphatic carbocycles. The molecule has 2 heterocycles. The third-order valence-corrected chi connectivity index (χ3v) is 4.96. The van der Waals surface area contributed by atoms with Gasteiger partial charge in [-0.15, -0.1) is 0 Å². The summed E-state index contributed by atoms with van der Waals surface area (Å²) in [6.07, 6.45) is 1.83. The zero-order valence-corrected chi connectivity index (χ0v) is 16.6. The Balaban J connectivity index is 1.72. The maximum Gasteiger partial charge on any atom is 0.153 e. The number of pyridine rings is 1. The summed E-state index contributed by atoms with van der Waals surface area (Å²) < 4.78 is 6.06. The largest absolute Gasteiger partial charge is 0.454 e. The van der Waals surface area contributed by atoms with Crippen LogP contribution in [0.3, 0.4) is 0 Å². The van der Waals surface area contributed by atoms with Crippen molar-refractivity contribution in [1.29, 1.82) is 0 Å². The zero-order chi connectivity index (χ0) is 19.2. The minimum Gasteiger partial charge on any atom is -0.454 e. The van der Waals surface area contributed by atoms with Crippen LogP contribution in [0.4, 0.5) is 0 Å². The molecule has 27 heavy (non-hydrogen) atoms. The highest BCUT2D eigenvalue weighted by molar-refractivity contribution is 5.85. The van der Waals surface area contributed by atoms with Gasteiger partial charge in [-0.1, -0.05) is 62.2 Å². The summed E-state index contributed by atoms with van der Waals surface area (Å²) in [5.74, 6) is 0.879. The minimum atomic E-state index is 0.150. The molecule has 0 amide bonds. The summed E-state index contributed by atoms with van der Waals surface area (Å²) in [5, 5.41) is 1.08. The average molecular weight is 355 g/mol. The van der Waals surface area contributed by atoms with Crippen molar-refractivity contribution in [2.24, 2.45) is 0 Å². The molecule has 0 saturated carbocycles. The molecule has 4 aromatic rings. The first-order valence-corrected chi connectivity index (χ1v) is 9.39. The number of nitrogens with zero attached hydrogens (tertiary/aromatic N) is 1. The monoisotopic (exact) mass is 355 g/mol. The second kappa shape index (κ2) is 6.38. The van der Waals surface area contributed by atoms with Gasteiger partial charge in [0.1, 0.15) is 5.76 Å². The van der Waals surface area contributed by atoms with Crippen molar-refractivity contribution in [3.05, 3.63) is 77.5 Å². The third-order valence-electron chi connectivity index (χ3n) is 4.96. The fourth-order valence-electron chi connectivity index (χ4n) is 3.50. The molecular weight excluding hydrogens is 330 g/mol. The van der Waals surface area contributed by atoms with Crippen LogP contribution >= 0.6 is 0 Å². The predicted octanol–water partition coefficient (Wildman–Crippen LogP) is 7.08. The second-order valence-corrected chi connectivity index (χ2v) is 8.42. The Bertz CT molecular complexity index is 1090. The lowest BCUT2D eigenvalue weighted by atomic mass is 9.86. The van der Waals surface area contributed by atoms with Crippen LogP contribution in [0.1, 0.15) is 37.5 Å². The highest BCUT2D eigenvalue weighted by Gasteiger charge is 2.14. The maximum absolute atomic E-state index is 6.06. The van der Waals surface area contributed by atoms with Crippen molar-refractivity contribution >= 4 is 11.0 Å². The highest BCUT2D eigenvalue weighted by Crippen LogP contribution is 2.32. The molecule has 2 heteroatoms. The van der Waals surface area contributed by atoms with Crippen LogP contribution in [0.15, 0.2) is 65.2 Å². The number of hydrogen-bond acceptors (Lipinski definition) is 2. The fraction of sp³-hybridized carbons (Fsp3) is 0.240. The Kier molecular flexibility index (Phi) is 4.15. The maximum atomic E-state index is 6.06. The first kappa shape index (κ1) is 17.5. The van der Waals surface area contributed by atoms with Crippen LogP contribution in [-0.2, 0) is 5.41 Å². The van der Waals surface area contributed by atoms with Gasteiger partial charge in [-0.05, 0) is 49.1 Å². The van der Waals surface area contributed by atoms with E-state index >= 15 is 0 Å². The number of aromatic nitrogens is 1. The summed E-state index contributed by atoms with van der Waals surface area (Å²) in [6.45, 7) is 10.9. The normalized spacial score (nSPS) is 11.9. The quantitative estimate of drug-likeness (QED) is 0.384. The van der Waals surface area contributed by atoms with Gasteiger partial charge >= 0.3 is 0 Å². The standard InChI is InChI=1S/C25H25NO/c1-16-10-17(2)12-19(11-16)22-13-20-14-23(27-24(20)15-26-22)18-6-8-21(9-7-18)25(3,4)5/h6-15H,1-5H3. The Labute approximate surface area is 160 Å². The summed E-state index contributed by atoms with van der Waals surface area (Å²) in [5.41, 5.74) is 8.00. The average Bonchev–Trinajstić information content (AvgIpc) is 3.03. The predicted molar refractivity (Wildman–Crippen MR) is 113 cm³/mol. The number of furan rings is 1. The molecule has 0 unspecified atom stereocenters. The summed E-state index contributed by atoms with van der Waals surface area (Å²) in [4.78, 5) is 4.62. The summed E-state index contributed by atoms with van der Waals surface area (Å²) in [6, 6.07) is 19.4. The number of rotatable bonds is 2. The van der Waals surface area contributed by atoms with Crippen molar-refractivity contribution in [3.8, 4) is 22.6 Å². The van der Waals surface area contributed by atoms with Crippen molar-refractivity contribution < 1.29 is 4.42 Å². The van der Waals surface area contributed by atoms with Crippen LogP contribution in [0.25, 0.3) is 33.6 Å². The van der Waals surface area contributed by atoms with Crippen LogP contribution in [0.2, 0.25) is 0 Å². The van der Waals surface area contributed by atoms with Crippen LogP contribution in [0.5, 0.6) is 0 Å². The molecule has 0 atom stereocenters. The Hall–Kier alpha value is -2.87. The molecule has 4 rings (SSSR count). The van der Waals surface area contributed by atoms with Crippen molar-refractivity contribution in [2.45, 2.75) is 40.0 Å². The van der Waals surface area contributed by atoms with Gasteiger partial charge in [0.15, 0.2) is 5.58 Å². The van der Waals surface area contributed by atoms with Gasteiger partial charge in [-0.2, -0.15) is 0 Å². The topological polar surface area (TPSA) is 26.0 Å². The van der Waals surface area contributed by atoms with Crippen LogP contribution in [0, 0.1) is 13.8 Å². The number of aryl methyl sites for hydroxylation is 2. The Morgan fingerprint density at radius 1 is 0.778 bits per heavy atom. The van der Waals surface area contributed by atoms with Gasteiger partial charge in [-0.3, -0.25) is 4.98 Å². The van der Waals surface area contributed by atoms with Gasteiger partial charge in [0, 0.05) is 16.5 Å². The number of fused-ring (bicyclic) bond motifs is 1. The smallest absolute Gasteiger partial charge is 0.153 e. The molecule has 0 N–H and O–H groups in total. The van der Waals surface area contributed by atoms with Crippen molar-refractivity contribution in [1.82, 2.24) is 4.98 Å². The molecule has 0 fully saturated rings. The molecule has 0 bridgehead atoms. The third kappa shape index (κ3) is 3.52. The van der Waals surface area contributed by atoms with Gasteiger partial charge in [0.05, 0.1) is 11.9 Å². The Morgan fingerprint density at radius 2 is 1.44 bits per heavy atom. The first-order valence-electron chi connectivity index (χ1n) is 9.39. The lowest BCUT2D eigenvalue weighted by molar-refractivity contribution is 0.590. The molecule has 0 radical (unpaired) electrons. The molecule has 0 saturated heterocycles. The van der Waals surface area contributed by atoms with E-state index in [2.05, 4.69) is 94.2 Å². The van der Waals surface area contributed by atoms with E-state index in [0.29, 0.717) is 0 Å². The van der Waals surface area contributed by atoms with Crippen molar-refractivity contribution in [2.75, 3.05) is 0 Å². The number of hydrogen-bond donors (Lipinski definition) is 0. The molecule has 2 aromatic carbocycles. The summed E-state index contributed by atoms with van der Waals surface area (Å²) in [7, 11) is 0. The van der Waals surface area contributed by atoms with Crippen molar-refractivity contribution in [3.63, 3.8) is 0 Å². The van der Waals surface area contributed by atoms with Crippen LogP contribution in [-0.4, -0.2) is 4.98 Å². The zero-order valence-electron chi connectivity index (χ0n) is 16.6. The molecule has 2 nitrogen and oxygen atoms in total. The van der Waals surface area contributed by atoms with E-state index in [4.69, 9.17) is 4.42 Å². The van der Waals surface area contributed by atoms with E-state index in [9.17, 15) is 0 Å². The van der Waals surface area contributed by atoms with E-state index in [1.54, 1.807) is 0 Å². The molecule has 2 aromatic heterocycles. The van der Waals surface area contributed by atoms with Gasteiger partial charge in [-0.25, -0.2) is 0 Å². The van der Waals surface area contributed by atoms with Crippen LogP contribution < -0.4 is 0 Å². The van der Waals surface area contributed by atoms with Gasteiger partial charge in [0.2, 0.25) is 0 Å². The summed E-state index contributed by atoms with van der Waals surface area (Å²) >= 11 is 0. The number of benzene rings is 2. The van der Waals surface area contributed by atoms with E-state index < -0.39 is 0 Å². The molecular formula is C25H25NO. The van der Waals surface area contributed by atoms with E-state index in [1.807, 2.05) is 6.20 Å². The second-order valence-electron chi connectivity index (χ2n) is 8.42. The highest BCUT2D eigenvalue weighted by atomic mass is 16.3. The molecule has 0 aliphatic rings. The lowest BCUT2D eigenvalue weighted by Gasteiger charge is -2.18. The van der Waals surface area contributed by atoms with E-state index in [0.717, 1.165) is 33.6 Å². The van der Waals surface area contributed by atoms with Gasteiger partial charge in [0.25, 0.3) is 0 Å². The molecule has 0 spiro atoms. The van der Waals surface area contributed by atoms with E-state index in [-0.39, 0.29) is 5.41 Å². The molecule has 0 aliphatic heterocycles. The molecule has 136 valence electrons.